The molecule has 2 rings (SSSR count). The number of rotatable bonds is 2. The highest BCUT2D eigenvalue weighted by Crippen LogP contribution is 2.31. The average Bonchev–Trinajstić information content (AvgIpc) is 2.45. The number of nitrogens with zero attached hydrogens (tertiary/aromatic N) is 1. The van der Waals surface area contributed by atoms with E-state index in [1.807, 2.05) is 0 Å². The Kier molecular flexibility index (Phi) is 4.11. The summed E-state index contributed by atoms with van der Waals surface area (Å²) >= 11 is 0. The van der Waals surface area contributed by atoms with Gasteiger partial charge in [-0.15, -0.1) is 0 Å². The molecule has 1 aliphatic rings. The van der Waals surface area contributed by atoms with Gasteiger partial charge in [-0.05, 0) is 18.6 Å². The van der Waals surface area contributed by atoms with E-state index < -0.39 is 11.7 Å². The summed E-state index contributed by atoms with van der Waals surface area (Å²) in [4.78, 5) is 13.6. The smallest absolute Gasteiger partial charge is 0.412 e. The first kappa shape index (κ1) is 15.2. The largest absolute Gasteiger partial charge is 0.497 e. The lowest BCUT2D eigenvalue weighted by Crippen LogP contribution is -2.37. The van der Waals surface area contributed by atoms with Crippen LogP contribution in [0.25, 0.3) is 0 Å². The standard InChI is InChI=1S/C14H15F3N2O2/c1-21-10-2-3-11(12(18)8-10)13(20)19-6-4-9(5-7-19)14(15,16)17/h2-4,8H,5-7,18H2,1H3. The Morgan fingerprint density at radius 2 is 2.10 bits per heavy atom. The molecule has 2 N–H and O–H groups in total. The molecule has 114 valence electrons. The van der Waals surface area contributed by atoms with Crippen LogP contribution < -0.4 is 10.5 Å². The fourth-order valence-electron chi connectivity index (χ4n) is 2.14. The molecule has 0 fully saturated rings. The number of halogens is 3. The summed E-state index contributed by atoms with van der Waals surface area (Å²) in [5, 5.41) is 0. The first-order valence-corrected chi connectivity index (χ1v) is 6.32. The van der Waals surface area contributed by atoms with Crippen LogP contribution in [0.2, 0.25) is 0 Å². The molecule has 21 heavy (non-hydrogen) atoms. The Balaban J connectivity index is 2.14. The molecule has 7 heteroatoms. The summed E-state index contributed by atoms with van der Waals surface area (Å²) in [6, 6.07) is 4.61. The van der Waals surface area contributed by atoms with E-state index in [9.17, 15) is 18.0 Å². The normalized spacial score (nSPS) is 15.6. The fourth-order valence-corrected chi connectivity index (χ4v) is 2.14. The second kappa shape index (κ2) is 5.67. The second-order valence-electron chi connectivity index (χ2n) is 4.68. The Morgan fingerprint density at radius 3 is 2.57 bits per heavy atom. The van der Waals surface area contributed by atoms with Gasteiger partial charge in [-0.3, -0.25) is 4.79 Å². The zero-order valence-electron chi connectivity index (χ0n) is 11.4. The molecule has 1 aromatic carbocycles. The van der Waals surface area contributed by atoms with Gasteiger partial charge in [0.05, 0.1) is 12.7 Å². The van der Waals surface area contributed by atoms with Crippen LogP contribution >= 0.6 is 0 Å². The van der Waals surface area contributed by atoms with E-state index in [1.165, 1.54) is 24.1 Å². The van der Waals surface area contributed by atoms with Crippen molar-refractivity contribution >= 4 is 11.6 Å². The number of ether oxygens (including phenoxy) is 1. The summed E-state index contributed by atoms with van der Waals surface area (Å²) in [5.74, 6) is 0.134. The van der Waals surface area contributed by atoms with Crippen LogP contribution in [-0.4, -0.2) is 37.2 Å². The maximum absolute atomic E-state index is 12.5. The molecule has 0 aliphatic carbocycles. The number of benzene rings is 1. The summed E-state index contributed by atoms with van der Waals surface area (Å²) in [6.45, 7) is -0.0468. The van der Waals surface area contributed by atoms with Crippen molar-refractivity contribution in [2.75, 3.05) is 25.9 Å². The molecule has 0 unspecified atom stereocenters. The number of hydrogen-bond donors (Lipinski definition) is 1. The highest BCUT2D eigenvalue weighted by molar-refractivity contribution is 5.99. The van der Waals surface area contributed by atoms with Crippen LogP contribution in [0.3, 0.4) is 0 Å². The first-order chi connectivity index (χ1) is 9.82. The van der Waals surface area contributed by atoms with Gasteiger partial charge in [0.15, 0.2) is 0 Å². The van der Waals surface area contributed by atoms with Gasteiger partial charge >= 0.3 is 6.18 Å². The van der Waals surface area contributed by atoms with E-state index in [2.05, 4.69) is 0 Å². The van der Waals surface area contributed by atoms with Crippen molar-refractivity contribution in [3.8, 4) is 5.75 Å². The maximum atomic E-state index is 12.5. The molecule has 0 atom stereocenters. The van der Waals surface area contributed by atoms with E-state index in [-0.39, 0.29) is 36.7 Å². The SMILES string of the molecule is COc1ccc(C(=O)N2CC=C(C(F)(F)F)CC2)c(N)c1. The Hall–Kier alpha value is -2.18. The van der Waals surface area contributed by atoms with Crippen molar-refractivity contribution < 1.29 is 22.7 Å². The molecule has 1 aromatic rings. The predicted octanol–water partition coefficient (Wildman–Crippen LogP) is 2.61. The fraction of sp³-hybridized carbons (Fsp3) is 0.357. The highest BCUT2D eigenvalue weighted by Gasteiger charge is 2.35. The molecule has 0 radical (unpaired) electrons. The number of amides is 1. The van der Waals surface area contributed by atoms with E-state index in [1.54, 1.807) is 6.07 Å². The van der Waals surface area contributed by atoms with Gasteiger partial charge in [-0.1, -0.05) is 6.08 Å². The number of carbonyl (C=O) groups excluding carboxylic acids is 1. The molecular formula is C14H15F3N2O2. The summed E-state index contributed by atoms with van der Waals surface area (Å²) in [7, 11) is 1.48. The second-order valence-corrected chi connectivity index (χ2v) is 4.68. The molecular weight excluding hydrogens is 285 g/mol. The van der Waals surface area contributed by atoms with Crippen molar-refractivity contribution in [3.05, 3.63) is 35.4 Å². The van der Waals surface area contributed by atoms with Crippen molar-refractivity contribution in [2.45, 2.75) is 12.6 Å². The maximum Gasteiger partial charge on any atom is 0.412 e. The van der Waals surface area contributed by atoms with Crippen LogP contribution in [0.15, 0.2) is 29.8 Å². The zero-order chi connectivity index (χ0) is 15.6. The number of anilines is 1. The summed E-state index contributed by atoms with van der Waals surface area (Å²) in [5.41, 5.74) is 5.69. The van der Waals surface area contributed by atoms with Crippen molar-refractivity contribution in [1.29, 1.82) is 0 Å². The van der Waals surface area contributed by atoms with E-state index >= 15 is 0 Å². The molecule has 1 aliphatic heterocycles. The van der Waals surface area contributed by atoms with Crippen LogP contribution in [0.1, 0.15) is 16.8 Å². The number of alkyl halides is 3. The van der Waals surface area contributed by atoms with Crippen LogP contribution in [0, 0.1) is 0 Å². The van der Waals surface area contributed by atoms with Gasteiger partial charge in [-0.2, -0.15) is 13.2 Å². The summed E-state index contributed by atoms with van der Waals surface area (Å²) in [6.07, 6.45) is -3.49. The Morgan fingerprint density at radius 1 is 1.38 bits per heavy atom. The minimum absolute atomic E-state index is 0.0235. The molecule has 0 saturated heterocycles. The third-order valence-corrected chi connectivity index (χ3v) is 3.35. The van der Waals surface area contributed by atoms with Gasteiger partial charge in [0, 0.05) is 30.4 Å². The van der Waals surface area contributed by atoms with E-state index in [0.717, 1.165) is 6.08 Å². The van der Waals surface area contributed by atoms with E-state index in [0.29, 0.717) is 5.75 Å². The lowest BCUT2D eigenvalue weighted by atomic mass is 10.1. The lowest BCUT2D eigenvalue weighted by molar-refractivity contribution is -0.0957. The zero-order valence-corrected chi connectivity index (χ0v) is 11.4. The molecule has 0 saturated carbocycles. The lowest BCUT2D eigenvalue weighted by Gasteiger charge is -2.27. The van der Waals surface area contributed by atoms with E-state index in [4.69, 9.17) is 10.5 Å². The van der Waals surface area contributed by atoms with Gasteiger partial charge in [-0.25, -0.2) is 0 Å². The third kappa shape index (κ3) is 3.29. The molecule has 1 heterocycles. The van der Waals surface area contributed by atoms with Crippen molar-refractivity contribution in [2.24, 2.45) is 0 Å². The summed E-state index contributed by atoms with van der Waals surface area (Å²) < 4.78 is 42.6. The minimum Gasteiger partial charge on any atom is -0.497 e. The van der Waals surface area contributed by atoms with Crippen LogP contribution in [-0.2, 0) is 0 Å². The van der Waals surface area contributed by atoms with Gasteiger partial charge in [0.1, 0.15) is 5.75 Å². The van der Waals surface area contributed by atoms with Gasteiger partial charge in [0.25, 0.3) is 5.91 Å². The molecule has 4 nitrogen and oxygen atoms in total. The van der Waals surface area contributed by atoms with Gasteiger partial charge < -0.3 is 15.4 Å². The third-order valence-electron chi connectivity index (χ3n) is 3.35. The molecule has 0 bridgehead atoms. The number of methoxy groups -OCH3 is 1. The molecule has 1 amide bonds. The number of nitrogen functional groups attached to an aromatic ring is 1. The molecule has 0 spiro atoms. The van der Waals surface area contributed by atoms with Gasteiger partial charge in [0.2, 0.25) is 0 Å². The molecule has 0 aromatic heterocycles. The quantitative estimate of drug-likeness (QED) is 0.675. The van der Waals surface area contributed by atoms with Crippen molar-refractivity contribution in [1.82, 2.24) is 4.90 Å². The average molecular weight is 300 g/mol. The predicted molar refractivity (Wildman–Crippen MR) is 72.1 cm³/mol. The van der Waals surface area contributed by atoms with Crippen molar-refractivity contribution in [3.63, 3.8) is 0 Å². The number of carbonyl (C=O) groups is 1. The monoisotopic (exact) mass is 300 g/mol. The van der Waals surface area contributed by atoms with Crippen LogP contribution in [0.5, 0.6) is 5.75 Å². The topological polar surface area (TPSA) is 55.6 Å². The Labute approximate surface area is 120 Å². The Bertz CT molecular complexity index is 582. The number of hydrogen-bond acceptors (Lipinski definition) is 3. The number of nitrogens with two attached hydrogens (primary N) is 1. The minimum atomic E-state index is -4.33. The highest BCUT2D eigenvalue weighted by atomic mass is 19.4. The van der Waals surface area contributed by atoms with Crippen LogP contribution in [0.4, 0.5) is 18.9 Å². The first-order valence-electron chi connectivity index (χ1n) is 6.32.